The number of ether oxygens (including phenoxy) is 1. The number of thiazole rings is 1. The molecule has 1 aromatic heterocycles. The highest BCUT2D eigenvalue weighted by molar-refractivity contribution is 7.11. The van der Waals surface area contributed by atoms with Crippen LogP contribution < -0.4 is 5.32 Å². The number of amidine groups is 1. The molecule has 2 aromatic rings. The number of aromatic nitrogens is 1. The Hall–Kier alpha value is -2.54. The number of benzene rings is 1. The topological polar surface area (TPSA) is 63.6 Å². The lowest BCUT2D eigenvalue weighted by molar-refractivity contribution is -0.136. The average molecular weight is 331 g/mol. The van der Waals surface area contributed by atoms with Gasteiger partial charge in [-0.25, -0.2) is 14.2 Å². The number of methoxy groups -OCH3 is 1. The van der Waals surface area contributed by atoms with Crippen LogP contribution in [0.4, 0.5) is 4.39 Å². The number of nitrogens with zero attached hydrogens (tertiary/aromatic N) is 2. The summed E-state index contributed by atoms with van der Waals surface area (Å²) in [5.74, 6) is -0.224. The molecule has 118 valence electrons. The highest BCUT2D eigenvalue weighted by atomic mass is 32.1. The quantitative estimate of drug-likeness (QED) is 0.879. The summed E-state index contributed by atoms with van der Waals surface area (Å²) >= 11 is 1.44. The van der Waals surface area contributed by atoms with E-state index >= 15 is 0 Å². The van der Waals surface area contributed by atoms with E-state index in [9.17, 15) is 9.18 Å². The van der Waals surface area contributed by atoms with Gasteiger partial charge in [-0.3, -0.25) is 4.99 Å². The minimum absolute atomic E-state index is 0.341. The van der Waals surface area contributed by atoms with Crippen molar-refractivity contribution < 1.29 is 13.9 Å². The molecule has 23 heavy (non-hydrogen) atoms. The number of hydrogen-bond donors (Lipinski definition) is 1. The van der Waals surface area contributed by atoms with E-state index in [1.165, 1.54) is 30.6 Å². The zero-order chi connectivity index (χ0) is 16.4. The first-order chi connectivity index (χ1) is 11.1. The Morgan fingerprint density at radius 3 is 2.70 bits per heavy atom. The summed E-state index contributed by atoms with van der Waals surface area (Å²) < 4.78 is 18.1. The third kappa shape index (κ3) is 3.00. The molecule has 0 bridgehead atoms. The number of nitrogens with one attached hydrogen (secondary N) is 1. The van der Waals surface area contributed by atoms with Crippen molar-refractivity contribution in [3.63, 3.8) is 0 Å². The molecule has 0 aliphatic carbocycles. The second-order valence-electron chi connectivity index (χ2n) is 4.92. The fraction of sp³-hybridized carbons (Fsp3) is 0.188. The maximum atomic E-state index is 13.2. The molecule has 0 fully saturated rings. The number of rotatable bonds is 3. The molecule has 7 heteroatoms. The normalized spacial score (nSPS) is 17.5. The van der Waals surface area contributed by atoms with Gasteiger partial charge in [0.2, 0.25) is 0 Å². The van der Waals surface area contributed by atoms with Crippen LogP contribution in [0.1, 0.15) is 23.5 Å². The Bertz CT molecular complexity index is 782. The first-order valence-electron chi connectivity index (χ1n) is 6.89. The van der Waals surface area contributed by atoms with Crippen LogP contribution in [0, 0.1) is 5.82 Å². The lowest BCUT2D eigenvalue weighted by atomic mass is 9.96. The van der Waals surface area contributed by atoms with Gasteiger partial charge < -0.3 is 10.1 Å². The second kappa shape index (κ2) is 6.29. The summed E-state index contributed by atoms with van der Waals surface area (Å²) in [7, 11) is 1.32. The van der Waals surface area contributed by atoms with Gasteiger partial charge in [-0.2, -0.15) is 0 Å². The van der Waals surface area contributed by atoms with Gasteiger partial charge >= 0.3 is 5.97 Å². The number of hydrogen-bond acceptors (Lipinski definition) is 6. The molecule has 0 spiro atoms. The van der Waals surface area contributed by atoms with Crippen molar-refractivity contribution in [2.75, 3.05) is 7.11 Å². The fourth-order valence-electron chi connectivity index (χ4n) is 2.39. The third-order valence-corrected chi connectivity index (χ3v) is 4.25. The van der Waals surface area contributed by atoms with Crippen molar-refractivity contribution in [3.8, 4) is 0 Å². The van der Waals surface area contributed by atoms with Crippen molar-refractivity contribution in [1.29, 1.82) is 0 Å². The molecule has 0 saturated heterocycles. The Morgan fingerprint density at radius 1 is 1.35 bits per heavy atom. The summed E-state index contributed by atoms with van der Waals surface area (Å²) in [6, 6.07) is 5.36. The van der Waals surface area contributed by atoms with Gasteiger partial charge in [-0.1, -0.05) is 12.1 Å². The van der Waals surface area contributed by atoms with E-state index in [4.69, 9.17) is 4.74 Å². The molecule has 0 radical (unpaired) electrons. The zero-order valence-corrected chi connectivity index (χ0v) is 13.4. The Labute approximate surface area is 136 Å². The average Bonchev–Trinajstić information content (AvgIpc) is 3.08. The number of esters is 1. The predicted octanol–water partition coefficient (Wildman–Crippen LogP) is 2.82. The minimum atomic E-state index is -0.566. The van der Waals surface area contributed by atoms with Crippen molar-refractivity contribution in [2.45, 2.75) is 13.0 Å². The van der Waals surface area contributed by atoms with Gasteiger partial charge in [0.25, 0.3) is 0 Å². The highest BCUT2D eigenvalue weighted by Gasteiger charge is 2.30. The second-order valence-corrected chi connectivity index (χ2v) is 5.82. The summed E-state index contributed by atoms with van der Waals surface area (Å²) in [5, 5.41) is 5.67. The molecule has 0 amide bonds. The first kappa shape index (κ1) is 15.4. The monoisotopic (exact) mass is 331 g/mol. The van der Waals surface area contributed by atoms with Crippen LogP contribution in [0.3, 0.4) is 0 Å². The van der Waals surface area contributed by atoms with E-state index in [1.54, 1.807) is 25.3 Å². The lowest BCUT2D eigenvalue weighted by Crippen LogP contribution is -2.32. The van der Waals surface area contributed by atoms with Crippen molar-refractivity contribution in [3.05, 3.63) is 63.5 Å². The van der Waals surface area contributed by atoms with Crippen LogP contribution in [0.15, 0.2) is 52.1 Å². The summed E-state index contributed by atoms with van der Waals surface area (Å²) in [4.78, 5) is 21.0. The van der Waals surface area contributed by atoms with Crippen molar-refractivity contribution in [2.24, 2.45) is 4.99 Å². The minimum Gasteiger partial charge on any atom is -0.466 e. The van der Waals surface area contributed by atoms with Crippen molar-refractivity contribution >= 4 is 23.1 Å². The van der Waals surface area contributed by atoms with Crippen LogP contribution in [-0.4, -0.2) is 23.9 Å². The van der Waals surface area contributed by atoms with E-state index in [1.807, 2.05) is 5.38 Å². The molecule has 1 N–H and O–H groups in total. The van der Waals surface area contributed by atoms with E-state index < -0.39 is 12.0 Å². The van der Waals surface area contributed by atoms with Crippen LogP contribution in [0.2, 0.25) is 0 Å². The molecule has 1 atom stereocenters. The Balaban J connectivity index is 2.08. The van der Waals surface area contributed by atoms with Crippen LogP contribution >= 0.6 is 11.3 Å². The fourth-order valence-corrected chi connectivity index (χ4v) is 2.97. The maximum Gasteiger partial charge on any atom is 0.338 e. The Morgan fingerprint density at radius 2 is 2.09 bits per heavy atom. The van der Waals surface area contributed by atoms with Crippen molar-refractivity contribution in [1.82, 2.24) is 10.3 Å². The maximum absolute atomic E-state index is 13.2. The SMILES string of the molecule is COC(=O)C1=C(C)NC(c2nccs2)=NC1c1ccc(F)cc1. The van der Waals surface area contributed by atoms with Crippen LogP contribution in [0.25, 0.3) is 0 Å². The van der Waals surface area contributed by atoms with Crippen LogP contribution in [0.5, 0.6) is 0 Å². The third-order valence-electron chi connectivity index (χ3n) is 3.47. The smallest absolute Gasteiger partial charge is 0.338 e. The number of allylic oxidation sites excluding steroid dienone is 1. The number of carbonyl (C=O) groups is 1. The standard InChI is InChI=1S/C16H14FN3O2S/c1-9-12(16(21)22-2)13(10-3-5-11(17)6-4-10)20-14(19-9)15-18-7-8-23-15/h3-8,13H,1-2H3,(H,19,20). The van der Waals surface area contributed by atoms with Gasteiger partial charge in [0.1, 0.15) is 11.9 Å². The van der Waals surface area contributed by atoms with Crippen LogP contribution in [-0.2, 0) is 9.53 Å². The highest BCUT2D eigenvalue weighted by Crippen LogP contribution is 2.32. The number of carbonyl (C=O) groups excluding carboxylic acids is 1. The zero-order valence-electron chi connectivity index (χ0n) is 12.5. The Kier molecular flexibility index (Phi) is 4.20. The molecular formula is C16H14FN3O2S. The molecule has 0 saturated carbocycles. The molecule has 1 aliphatic heterocycles. The van der Waals surface area contributed by atoms with E-state index in [2.05, 4.69) is 15.3 Å². The largest absolute Gasteiger partial charge is 0.466 e. The number of halogens is 1. The summed E-state index contributed by atoms with van der Waals surface area (Å²) in [6.45, 7) is 1.78. The van der Waals surface area contributed by atoms with E-state index in [0.717, 1.165) is 5.01 Å². The molecule has 3 rings (SSSR count). The molecular weight excluding hydrogens is 317 g/mol. The van der Waals surface area contributed by atoms with Gasteiger partial charge in [0, 0.05) is 17.3 Å². The predicted molar refractivity (Wildman–Crippen MR) is 85.6 cm³/mol. The van der Waals surface area contributed by atoms with E-state index in [0.29, 0.717) is 22.7 Å². The van der Waals surface area contributed by atoms with E-state index in [-0.39, 0.29) is 5.82 Å². The van der Waals surface area contributed by atoms with Gasteiger partial charge in [-0.05, 0) is 24.6 Å². The lowest BCUT2D eigenvalue weighted by Gasteiger charge is -2.25. The van der Waals surface area contributed by atoms with Gasteiger partial charge in [0.05, 0.1) is 12.7 Å². The van der Waals surface area contributed by atoms with Gasteiger partial charge in [-0.15, -0.1) is 11.3 Å². The van der Waals surface area contributed by atoms with Gasteiger partial charge in [0.15, 0.2) is 10.8 Å². The molecule has 5 nitrogen and oxygen atoms in total. The summed E-state index contributed by atoms with van der Waals surface area (Å²) in [5.41, 5.74) is 1.76. The molecule has 1 aliphatic rings. The number of aliphatic imine (C=N–C) groups is 1. The summed E-state index contributed by atoms with van der Waals surface area (Å²) in [6.07, 6.45) is 1.69. The first-order valence-corrected chi connectivity index (χ1v) is 7.77. The molecule has 2 heterocycles. The molecule has 1 aromatic carbocycles. The molecule has 1 unspecified atom stereocenters.